The van der Waals surface area contributed by atoms with Crippen molar-refractivity contribution in [2.45, 2.75) is 39.0 Å². The Balaban J connectivity index is 1.60. The van der Waals surface area contributed by atoms with Crippen LogP contribution in [0.4, 0.5) is 21.7 Å². The van der Waals surface area contributed by atoms with Gasteiger partial charge in [-0.25, -0.2) is 14.1 Å². The van der Waals surface area contributed by atoms with Crippen molar-refractivity contribution in [1.29, 1.82) is 0 Å². The van der Waals surface area contributed by atoms with Crippen molar-refractivity contribution in [3.8, 4) is 0 Å². The Morgan fingerprint density at radius 2 is 1.82 bits per heavy atom. The molecule has 8 nitrogen and oxygen atoms in total. The van der Waals surface area contributed by atoms with E-state index in [0.717, 1.165) is 11.1 Å². The van der Waals surface area contributed by atoms with Crippen LogP contribution >= 0.6 is 0 Å². The molecule has 0 saturated heterocycles. The number of aromatic nitrogens is 2. The Kier molecular flexibility index (Phi) is 5.16. The number of amides is 1. The van der Waals surface area contributed by atoms with Crippen molar-refractivity contribution >= 4 is 29.2 Å². The van der Waals surface area contributed by atoms with Crippen LogP contribution in [-0.2, 0) is 6.54 Å². The Labute approximate surface area is 197 Å². The van der Waals surface area contributed by atoms with Crippen LogP contribution in [0, 0.1) is 5.82 Å². The number of nitrogens with zero attached hydrogens (tertiary/aromatic N) is 5. The summed E-state index contributed by atoms with van der Waals surface area (Å²) >= 11 is 0. The highest BCUT2D eigenvalue weighted by Gasteiger charge is 2.45. The molecule has 0 bridgehead atoms. The molecule has 2 aromatic carbocycles. The van der Waals surface area contributed by atoms with E-state index in [9.17, 15) is 14.3 Å². The quantitative estimate of drug-likeness (QED) is 0.601. The van der Waals surface area contributed by atoms with E-state index in [2.05, 4.69) is 5.32 Å². The molecule has 176 valence electrons. The molecule has 3 heterocycles. The summed E-state index contributed by atoms with van der Waals surface area (Å²) in [5.41, 5.74) is 2.53. The minimum absolute atomic E-state index is 0.206. The lowest BCUT2D eigenvalue weighted by molar-refractivity contribution is 0.0866. The molecule has 3 aromatic rings. The molecule has 0 radical (unpaired) electrons. The highest BCUT2D eigenvalue weighted by molar-refractivity contribution is 6.20. The van der Waals surface area contributed by atoms with Crippen LogP contribution in [0.15, 0.2) is 53.5 Å². The highest BCUT2D eigenvalue weighted by Crippen LogP contribution is 2.38. The SMILES string of the molecule is CC(O)c1ccc(Cn2nc3c(c2Nc2ccc(F)cc2)C(=O)N(C)C2=NC(C)(C)CN23)cc1. The normalized spacial score (nSPS) is 17.4. The first-order valence-corrected chi connectivity index (χ1v) is 11.2. The minimum Gasteiger partial charge on any atom is -0.389 e. The zero-order valence-electron chi connectivity index (χ0n) is 19.6. The Morgan fingerprint density at radius 3 is 2.47 bits per heavy atom. The summed E-state index contributed by atoms with van der Waals surface area (Å²) in [7, 11) is 1.71. The number of carbonyl (C=O) groups is 1. The van der Waals surface area contributed by atoms with Crippen molar-refractivity contribution in [3.63, 3.8) is 0 Å². The molecule has 1 amide bonds. The van der Waals surface area contributed by atoms with Crippen LogP contribution in [0.5, 0.6) is 0 Å². The number of benzene rings is 2. The second-order valence-corrected chi connectivity index (χ2v) is 9.43. The highest BCUT2D eigenvalue weighted by atomic mass is 19.1. The molecule has 34 heavy (non-hydrogen) atoms. The van der Waals surface area contributed by atoms with Gasteiger partial charge in [0.15, 0.2) is 5.82 Å². The number of halogens is 1. The predicted molar refractivity (Wildman–Crippen MR) is 129 cm³/mol. The van der Waals surface area contributed by atoms with E-state index in [-0.39, 0.29) is 17.3 Å². The van der Waals surface area contributed by atoms with Crippen LogP contribution in [-0.4, -0.2) is 50.8 Å². The number of hydrogen-bond acceptors (Lipinski definition) is 6. The standard InChI is InChI=1S/C25H27FN6O2/c1-15(33)17-7-5-16(6-8-17)13-32-21(27-19-11-9-18(26)10-12-19)20-22(29-32)31-14-25(2,3)28-24(31)30(4)23(20)34/h5-12,15,27,33H,13-14H2,1-4H3. The van der Waals surface area contributed by atoms with Crippen molar-refractivity contribution in [3.05, 3.63) is 71.0 Å². The maximum atomic E-state index is 13.5. The van der Waals surface area contributed by atoms with Gasteiger partial charge in [-0.15, -0.1) is 0 Å². The van der Waals surface area contributed by atoms with Crippen molar-refractivity contribution in [1.82, 2.24) is 14.7 Å². The predicted octanol–water partition coefficient (Wildman–Crippen LogP) is 3.91. The van der Waals surface area contributed by atoms with Gasteiger partial charge in [-0.1, -0.05) is 24.3 Å². The van der Waals surface area contributed by atoms with Gasteiger partial charge in [-0.2, -0.15) is 5.10 Å². The van der Waals surface area contributed by atoms with Gasteiger partial charge in [0.05, 0.1) is 24.7 Å². The molecule has 2 N–H and O–H groups in total. The number of hydrogen-bond donors (Lipinski definition) is 2. The molecule has 5 rings (SSSR count). The number of aliphatic imine (C=N–C) groups is 1. The number of rotatable bonds is 5. The third-order valence-corrected chi connectivity index (χ3v) is 6.10. The molecule has 0 fully saturated rings. The first kappa shape index (κ1) is 22.1. The molecule has 2 aliphatic heterocycles. The maximum Gasteiger partial charge on any atom is 0.267 e. The molecule has 0 aliphatic carbocycles. The summed E-state index contributed by atoms with van der Waals surface area (Å²) in [6.07, 6.45) is -0.550. The molecule has 1 atom stereocenters. The fraction of sp³-hybridized carbons (Fsp3) is 0.320. The number of anilines is 3. The fourth-order valence-electron chi connectivity index (χ4n) is 4.33. The summed E-state index contributed by atoms with van der Waals surface area (Å²) in [6, 6.07) is 13.6. The summed E-state index contributed by atoms with van der Waals surface area (Å²) in [4.78, 5) is 21.7. The van der Waals surface area contributed by atoms with Gasteiger partial charge < -0.3 is 10.4 Å². The Bertz CT molecular complexity index is 1280. The monoisotopic (exact) mass is 462 g/mol. The molecular formula is C25H27FN6O2. The lowest BCUT2D eigenvalue weighted by Gasteiger charge is -2.30. The zero-order valence-corrected chi connectivity index (χ0v) is 19.6. The van der Waals surface area contributed by atoms with Gasteiger partial charge in [0.25, 0.3) is 5.91 Å². The largest absolute Gasteiger partial charge is 0.389 e. The maximum absolute atomic E-state index is 13.5. The van der Waals surface area contributed by atoms with Gasteiger partial charge >= 0.3 is 0 Å². The molecule has 2 aliphatic rings. The van der Waals surface area contributed by atoms with Gasteiger partial charge in [-0.05, 0) is 56.2 Å². The number of carbonyl (C=O) groups excluding carboxylic acids is 1. The number of aliphatic hydroxyl groups is 1. The molecule has 0 saturated carbocycles. The number of nitrogens with one attached hydrogen (secondary N) is 1. The number of aliphatic hydroxyl groups excluding tert-OH is 1. The third kappa shape index (κ3) is 3.81. The van der Waals surface area contributed by atoms with Gasteiger partial charge in [0, 0.05) is 12.7 Å². The Morgan fingerprint density at radius 1 is 1.15 bits per heavy atom. The summed E-state index contributed by atoms with van der Waals surface area (Å²) in [5.74, 6) is 1.12. The van der Waals surface area contributed by atoms with Crippen LogP contribution in [0.25, 0.3) is 0 Å². The van der Waals surface area contributed by atoms with E-state index in [1.165, 1.54) is 12.1 Å². The molecule has 9 heteroatoms. The topological polar surface area (TPSA) is 86.0 Å². The van der Waals surface area contributed by atoms with E-state index in [4.69, 9.17) is 10.1 Å². The van der Waals surface area contributed by atoms with Gasteiger partial charge in [0.2, 0.25) is 5.96 Å². The van der Waals surface area contributed by atoms with E-state index in [1.54, 1.807) is 35.7 Å². The molecule has 1 unspecified atom stereocenters. The van der Waals surface area contributed by atoms with E-state index < -0.39 is 6.10 Å². The molecular weight excluding hydrogens is 435 g/mol. The third-order valence-electron chi connectivity index (χ3n) is 6.10. The van der Waals surface area contributed by atoms with Crippen LogP contribution in [0.3, 0.4) is 0 Å². The van der Waals surface area contributed by atoms with Crippen molar-refractivity contribution < 1.29 is 14.3 Å². The van der Waals surface area contributed by atoms with Crippen LogP contribution < -0.4 is 10.2 Å². The second kappa shape index (κ2) is 7.95. The smallest absolute Gasteiger partial charge is 0.267 e. The van der Waals surface area contributed by atoms with Crippen molar-refractivity contribution in [2.24, 2.45) is 4.99 Å². The first-order chi connectivity index (χ1) is 16.1. The number of fused-ring (bicyclic) bond motifs is 3. The van der Waals surface area contributed by atoms with E-state index in [0.29, 0.717) is 41.9 Å². The summed E-state index contributed by atoms with van der Waals surface area (Å²) in [6.45, 7) is 6.77. The zero-order chi connectivity index (χ0) is 24.2. The lowest BCUT2D eigenvalue weighted by atomic mass is 10.1. The summed E-state index contributed by atoms with van der Waals surface area (Å²) in [5, 5.41) is 17.9. The molecule has 0 spiro atoms. The lowest BCUT2D eigenvalue weighted by Crippen LogP contribution is -2.48. The fourth-order valence-corrected chi connectivity index (χ4v) is 4.33. The average molecular weight is 463 g/mol. The van der Waals surface area contributed by atoms with Gasteiger partial charge in [0.1, 0.15) is 17.2 Å². The van der Waals surface area contributed by atoms with Crippen LogP contribution in [0.2, 0.25) is 0 Å². The Hall–Kier alpha value is -3.72. The van der Waals surface area contributed by atoms with Crippen LogP contribution in [0.1, 0.15) is 48.4 Å². The van der Waals surface area contributed by atoms with Crippen molar-refractivity contribution in [2.75, 3.05) is 23.8 Å². The minimum atomic E-state index is -0.550. The first-order valence-electron chi connectivity index (χ1n) is 11.2. The average Bonchev–Trinajstić information content (AvgIpc) is 3.31. The summed E-state index contributed by atoms with van der Waals surface area (Å²) < 4.78 is 15.2. The van der Waals surface area contributed by atoms with Gasteiger partial charge in [-0.3, -0.25) is 14.6 Å². The number of guanidine groups is 1. The van der Waals surface area contributed by atoms with E-state index >= 15 is 0 Å². The second-order valence-electron chi connectivity index (χ2n) is 9.43. The molecule has 1 aromatic heterocycles. The van der Waals surface area contributed by atoms with E-state index in [1.807, 2.05) is 43.0 Å².